The first-order valence-corrected chi connectivity index (χ1v) is 7.29. The van der Waals surface area contributed by atoms with E-state index in [1.807, 2.05) is 25.1 Å². The number of aromatic nitrogens is 1. The van der Waals surface area contributed by atoms with E-state index in [1.54, 1.807) is 4.57 Å². The summed E-state index contributed by atoms with van der Waals surface area (Å²) in [7, 11) is 0. The molecule has 0 bridgehead atoms. The molecule has 1 aromatic heterocycles. The summed E-state index contributed by atoms with van der Waals surface area (Å²) in [6.07, 6.45) is 2.21. The minimum absolute atomic E-state index is 0.0420. The number of benzene rings is 1. The van der Waals surface area contributed by atoms with Crippen LogP contribution >= 0.6 is 11.6 Å². The normalized spacial score (nSPS) is 14.7. The van der Waals surface area contributed by atoms with E-state index < -0.39 is 0 Å². The molecule has 0 radical (unpaired) electrons. The molecule has 0 amide bonds. The number of alkyl halides is 1. The van der Waals surface area contributed by atoms with Gasteiger partial charge in [0.2, 0.25) is 0 Å². The van der Waals surface area contributed by atoms with Gasteiger partial charge in [-0.2, -0.15) is 0 Å². The van der Waals surface area contributed by atoms with Gasteiger partial charge in [0.25, 0.3) is 0 Å². The molecule has 4 heteroatoms. The van der Waals surface area contributed by atoms with Gasteiger partial charge in [-0.1, -0.05) is 26.3 Å². The summed E-state index contributed by atoms with van der Waals surface area (Å²) >= 11 is 6.49. The van der Waals surface area contributed by atoms with E-state index in [2.05, 4.69) is 13.8 Å². The van der Waals surface area contributed by atoms with Gasteiger partial charge in [0.05, 0.1) is 10.9 Å². The Morgan fingerprint density at radius 1 is 1.37 bits per heavy atom. The SMILES string of the molecule is CCCC(C)C(Cl)c1ccc2c(c1)oc(=O)n2CC. The molecule has 0 spiro atoms. The van der Waals surface area contributed by atoms with Crippen LogP contribution in [0.5, 0.6) is 0 Å². The Morgan fingerprint density at radius 2 is 2.11 bits per heavy atom. The lowest BCUT2D eigenvalue weighted by Gasteiger charge is -2.17. The predicted octanol–water partition coefficient (Wildman–Crippen LogP) is 4.33. The Labute approximate surface area is 118 Å². The van der Waals surface area contributed by atoms with E-state index in [-0.39, 0.29) is 11.1 Å². The van der Waals surface area contributed by atoms with Crippen LogP contribution in [0.2, 0.25) is 0 Å². The van der Waals surface area contributed by atoms with Crippen LogP contribution in [-0.2, 0) is 6.54 Å². The summed E-state index contributed by atoms with van der Waals surface area (Å²) in [5.41, 5.74) is 2.48. The zero-order valence-electron chi connectivity index (χ0n) is 11.6. The van der Waals surface area contributed by atoms with Crippen molar-refractivity contribution in [2.45, 2.75) is 45.5 Å². The third-order valence-corrected chi connectivity index (χ3v) is 4.25. The van der Waals surface area contributed by atoms with Crippen molar-refractivity contribution < 1.29 is 4.42 Å². The van der Waals surface area contributed by atoms with Gasteiger partial charge in [0.1, 0.15) is 0 Å². The smallest absolute Gasteiger partial charge is 0.408 e. The lowest BCUT2D eigenvalue weighted by molar-refractivity contribution is 0.504. The first-order valence-electron chi connectivity index (χ1n) is 6.85. The van der Waals surface area contributed by atoms with Crippen molar-refractivity contribution in [1.29, 1.82) is 0 Å². The molecule has 2 rings (SSSR count). The predicted molar refractivity (Wildman–Crippen MR) is 78.8 cm³/mol. The highest BCUT2D eigenvalue weighted by Crippen LogP contribution is 2.33. The Morgan fingerprint density at radius 3 is 2.74 bits per heavy atom. The first-order chi connectivity index (χ1) is 9.08. The van der Waals surface area contributed by atoms with E-state index in [1.165, 1.54) is 0 Å². The highest BCUT2D eigenvalue weighted by atomic mass is 35.5. The van der Waals surface area contributed by atoms with Gasteiger partial charge >= 0.3 is 5.76 Å². The van der Waals surface area contributed by atoms with Crippen LogP contribution in [0.25, 0.3) is 11.1 Å². The van der Waals surface area contributed by atoms with Gasteiger partial charge in [-0.05, 0) is 37.0 Å². The molecule has 19 heavy (non-hydrogen) atoms. The molecule has 0 saturated heterocycles. The van der Waals surface area contributed by atoms with Crippen LogP contribution in [-0.4, -0.2) is 4.57 Å². The molecule has 0 fully saturated rings. The van der Waals surface area contributed by atoms with Crippen molar-refractivity contribution in [3.8, 4) is 0 Å². The summed E-state index contributed by atoms with van der Waals surface area (Å²) in [5.74, 6) is 0.103. The highest BCUT2D eigenvalue weighted by Gasteiger charge is 2.17. The fourth-order valence-electron chi connectivity index (χ4n) is 2.48. The van der Waals surface area contributed by atoms with E-state index in [0.29, 0.717) is 18.0 Å². The zero-order valence-corrected chi connectivity index (χ0v) is 12.4. The summed E-state index contributed by atoms with van der Waals surface area (Å²) in [5, 5.41) is -0.0420. The van der Waals surface area contributed by atoms with Crippen LogP contribution in [0.15, 0.2) is 27.4 Å². The minimum atomic E-state index is -0.303. The van der Waals surface area contributed by atoms with E-state index >= 15 is 0 Å². The second-order valence-corrected chi connectivity index (χ2v) is 5.48. The molecule has 104 valence electrons. The van der Waals surface area contributed by atoms with E-state index in [9.17, 15) is 4.79 Å². The molecule has 0 aliphatic heterocycles. The molecule has 2 atom stereocenters. The average Bonchev–Trinajstić information content (AvgIpc) is 2.72. The fraction of sp³-hybridized carbons (Fsp3) is 0.533. The van der Waals surface area contributed by atoms with Gasteiger partial charge in [-0.25, -0.2) is 4.79 Å². The lowest BCUT2D eigenvalue weighted by atomic mass is 9.96. The molecular weight excluding hydrogens is 262 g/mol. The number of rotatable bonds is 5. The molecule has 2 unspecified atom stereocenters. The molecule has 0 N–H and O–H groups in total. The molecular formula is C15H20ClNO2. The minimum Gasteiger partial charge on any atom is -0.408 e. The zero-order chi connectivity index (χ0) is 14.0. The lowest BCUT2D eigenvalue weighted by Crippen LogP contribution is -2.11. The Bertz CT molecular complexity index is 614. The molecule has 1 heterocycles. The molecule has 0 aliphatic rings. The number of oxazole rings is 1. The fourth-order valence-corrected chi connectivity index (χ4v) is 2.75. The number of fused-ring (bicyclic) bond motifs is 1. The van der Waals surface area contributed by atoms with Gasteiger partial charge in [-0.15, -0.1) is 11.6 Å². The van der Waals surface area contributed by atoms with Crippen LogP contribution in [0.3, 0.4) is 0 Å². The third-order valence-electron chi connectivity index (χ3n) is 3.57. The number of nitrogens with zero attached hydrogens (tertiary/aromatic N) is 1. The summed E-state index contributed by atoms with van der Waals surface area (Å²) in [6, 6.07) is 5.81. The maximum atomic E-state index is 11.7. The Hall–Kier alpha value is -1.22. The van der Waals surface area contributed by atoms with Crippen LogP contribution in [0.4, 0.5) is 0 Å². The maximum absolute atomic E-state index is 11.7. The van der Waals surface area contributed by atoms with E-state index in [0.717, 1.165) is 23.9 Å². The van der Waals surface area contributed by atoms with Crippen LogP contribution in [0, 0.1) is 5.92 Å². The monoisotopic (exact) mass is 281 g/mol. The quantitative estimate of drug-likeness (QED) is 0.765. The summed E-state index contributed by atoms with van der Waals surface area (Å²) < 4.78 is 6.89. The number of hydrogen-bond donors (Lipinski definition) is 0. The number of halogens is 1. The third kappa shape index (κ3) is 2.71. The van der Waals surface area contributed by atoms with E-state index in [4.69, 9.17) is 16.0 Å². The first kappa shape index (κ1) is 14.2. The molecule has 3 nitrogen and oxygen atoms in total. The van der Waals surface area contributed by atoms with Crippen molar-refractivity contribution in [1.82, 2.24) is 4.57 Å². The largest absolute Gasteiger partial charge is 0.419 e. The van der Waals surface area contributed by atoms with Gasteiger partial charge in [0.15, 0.2) is 5.58 Å². The highest BCUT2D eigenvalue weighted by molar-refractivity contribution is 6.21. The Balaban J connectivity index is 2.39. The van der Waals surface area contributed by atoms with Gasteiger partial charge < -0.3 is 4.42 Å². The van der Waals surface area contributed by atoms with Crippen LogP contribution in [0.1, 0.15) is 44.6 Å². The average molecular weight is 282 g/mol. The topological polar surface area (TPSA) is 35.1 Å². The van der Waals surface area contributed by atoms with Crippen molar-refractivity contribution >= 4 is 22.7 Å². The second-order valence-electron chi connectivity index (χ2n) is 5.01. The molecule has 1 aromatic carbocycles. The molecule has 0 aliphatic carbocycles. The standard InChI is InChI=1S/C15H20ClNO2/c1-4-6-10(3)14(16)11-7-8-12-13(9-11)19-15(18)17(12)5-2/h7-10,14H,4-6H2,1-3H3. The molecule has 0 saturated carbocycles. The second kappa shape index (κ2) is 5.83. The maximum Gasteiger partial charge on any atom is 0.419 e. The van der Waals surface area contributed by atoms with Gasteiger partial charge in [-0.3, -0.25) is 4.57 Å². The van der Waals surface area contributed by atoms with Crippen molar-refractivity contribution in [2.75, 3.05) is 0 Å². The van der Waals surface area contributed by atoms with Crippen molar-refractivity contribution in [3.05, 3.63) is 34.3 Å². The molecule has 2 aromatic rings. The number of hydrogen-bond acceptors (Lipinski definition) is 2. The number of aryl methyl sites for hydroxylation is 1. The summed E-state index contributed by atoms with van der Waals surface area (Å²) in [6.45, 7) is 6.85. The van der Waals surface area contributed by atoms with Gasteiger partial charge in [0, 0.05) is 6.54 Å². The van der Waals surface area contributed by atoms with Crippen molar-refractivity contribution in [3.63, 3.8) is 0 Å². The van der Waals surface area contributed by atoms with Crippen LogP contribution < -0.4 is 5.76 Å². The Kier molecular flexibility index (Phi) is 4.35. The summed E-state index contributed by atoms with van der Waals surface area (Å²) in [4.78, 5) is 11.7. The van der Waals surface area contributed by atoms with Crippen molar-refractivity contribution in [2.24, 2.45) is 5.92 Å².